The van der Waals surface area contributed by atoms with Crippen LogP contribution in [-0.2, 0) is 11.2 Å². The lowest BCUT2D eigenvalue weighted by Gasteiger charge is -2.20. The van der Waals surface area contributed by atoms with Gasteiger partial charge in [-0.3, -0.25) is 4.79 Å². The van der Waals surface area contributed by atoms with Crippen molar-refractivity contribution in [3.63, 3.8) is 0 Å². The zero-order chi connectivity index (χ0) is 15.1. The van der Waals surface area contributed by atoms with Crippen molar-refractivity contribution in [2.24, 2.45) is 11.7 Å². The molecule has 1 atom stereocenters. The van der Waals surface area contributed by atoms with Crippen LogP contribution in [0.25, 0.3) is 0 Å². The molecule has 0 saturated carbocycles. The number of hydrogen-bond donors (Lipinski definition) is 3. The third kappa shape index (κ3) is 4.68. The van der Waals surface area contributed by atoms with Crippen LogP contribution < -0.4 is 16.4 Å². The van der Waals surface area contributed by atoms with Crippen LogP contribution in [0.2, 0.25) is 0 Å². The molecule has 4 N–H and O–H groups in total. The summed E-state index contributed by atoms with van der Waals surface area (Å²) < 4.78 is 0. The van der Waals surface area contributed by atoms with E-state index >= 15 is 0 Å². The number of rotatable bonds is 8. The van der Waals surface area contributed by atoms with E-state index in [0.717, 1.165) is 31.0 Å². The van der Waals surface area contributed by atoms with Gasteiger partial charge in [-0.15, -0.1) is 0 Å². The van der Waals surface area contributed by atoms with Crippen molar-refractivity contribution in [3.8, 4) is 0 Å². The summed E-state index contributed by atoms with van der Waals surface area (Å²) in [6.07, 6.45) is 1.77. The Morgan fingerprint density at radius 1 is 1.30 bits per heavy atom. The van der Waals surface area contributed by atoms with Gasteiger partial charge >= 0.3 is 0 Å². The molecule has 20 heavy (non-hydrogen) atoms. The first-order valence-corrected chi connectivity index (χ1v) is 7.15. The van der Waals surface area contributed by atoms with Crippen molar-refractivity contribution in [3.05, 3.63) is 11.9 Å². The molecule has 0 spiro atoms. The van der Waals surface area contributed by atoms with Crippen LogP contribution in [0.3, 0.4) is 0 Å². The normalized spacial score (nSPS) is 12.2. The summed E-state index contributed by atoms with van der Waals surface area (Å²) >= 11 is 0. The Bertz CT molecular complexity index is 423. The summed E-state index contributed by atoms with van der Waals surface area (Å²) in [4.78, 5) is 20.3. The van der Waals surface area contributed by atoms with Crippen LogP contribution in [-0.4, -0.2) is 28.5 Å². The highest BCUT2D eigenvalue weighted by molar-refractivity contribution is 5.83. The highest BCUT2D eigenvalue weighted by Gasteiger charge is 2.20. The van der Waals surface area contributed by atoms with Gasteiger partial charge in [0.15, 0.2) is 0 Å². The largest absolute Gasteiger partial charge is 0.370 e. The number of primary amides is 1. The molecular formula is C14H25N5O. The second kappa shape index (κ2) is 7.67. The topological polar surface area (TPSA) is 92.9 Å². The van der Waals surface area contributed by atoms with Crippen LogP contribution in [0, 0.1) is 5.92 Å². The molecule has 6 nitrogen and oxygen atoms in total. The molecule has 1 amide bonds. The van der Waals surface area contributed by atoms with Gasteiger partial charge in [-0.25, -0.2) is 9.97 Å². The molecule has 112 valence electrons. The molecule has 6 heteroatoms. The number of aryl methyl sites for hydroxylation is 1. The molecule has 1 unspecified atom stereocenters. The van der Waals surface area contributed by atoms with E-state index in [-0.39, 0.29) is 11.8 Å². The quantitative estimate of drug-likeness (QED) is 0.674. The number of nitrogens with two attached hydrogens (primary N) is 1. The van der Waals surface area contributed by atoms with E-state index in [0.29, 0.717) is 5.82 Å². The first-order chi connectivity index (χ1) is 9.47. The van der Waals surface area contributed by atoms with Crippen LogP contribution >= 0.6 is 0 Å². The Morgan fingerprint density at radius 2 is 1.95 bits per heavy atom. The predicted molar refractivity (Wildman–Crippen MR) is 81.6 cm³/mol. The maximum absolute atomic E-state index is 11.5. The number of carbonyl (C=O) groups is 1. The van der Waals surface area contributed by atoms with E-state index in [1.807, 2.05) is 20.8 Å². The van der Waals surface area contributed by atoms with Gasteiger partial charge in [0, 0.05) is 19.0 Å². The third-order valence-electron chi connectivity index (χ3n) is 2.88. The Balaban J connectivity index is 2.99. The minimum absolute atomic E-state index is 0.0969. The lowest BCUT2D eigenvalue weighted by atomic mass is 10.0. The number of carbonyl (C=O) groups excluding carboxylic acids is 1. The summed E-state index contributed by atoms with van der Waals surface area (Å²) in [6.45, 7) is 8.76. The molecule has 1 aromatic heterocycles. The summed E-state index contributed by atoms with van der Waals surface area (Å²) in [5.41, 5.74) is 5.42. The smallest absolute Gasteiger partial charge is 0.240 e. The highest BCUT2D eigenvalue weighted by Crippen LogP contribution is 2.15. The van der Waals surface area contributed by atoms with Gasteiger partial charge < -0.3 is 16.4 Å². The van der Waals surface area contributed by atoms with Crippen molar-refractivity contribution in [2.75, 3.05) is 17.2 Å². The fourth-order valence-corrected chi connectivity index (χ4v) is 1.90. The molecule has 0 fully saturated rings. The van der Waals surface area contributed by atoms with E-state index < -0.39 is 6.04 Å². The van der Waals surface area contributed by atoms with Crippen molar-refractivity contribution in [1.82, 2.24) is 9.97 Å². The van der Waals surface area contributed by atoms with Crippen molar-refractivity contribution in [1.29, 1.82) is 0 Å². The van der Waals surface area contributed by atoms with Gasteiger partial charge in [0.25, 0.3) is 0 Å². The minimum atomic E-state index is -0.436. The van der Waals surface area contributed by atoms with Gasteiger partial charge in [-0.2, -0.15) is 0 Å². The Morgan fingerprint density at radius 3 is 2.45 bits per heavy atom. The maximum Gasteiger partial charge on any atom is 0.240 e. The van der Waals surface area contributed by atoms with Crippen LogP contribution in [0.1, 0.15) is 39.9 Å². The average Bonchev–Trinajstić information content (AvgIpc) is 2.36. The molecule has 0 aliphatic carbocycles. The lowest BCUT2D eigenvalue weighted by Crippen LogP contribution is -2.39. The van der Waals surface area contributed by atoms with Gasteiger partial charge in [0.1, 0.15) is 23.5 Å². The number of amides is 1. The van der Waals surface area contributed by atoms with Gasteiger partial charge in [0.05, 0.1) is 0 Å². The third-order valence-corrected chi connectivity index (χ3v) is 2.88. The Kier molecular flexibility index (Phi) is 6.21. The molecule has 0 saturated heterocycles. The van der Waals surface area contributed by atoms with Crippen molar-refractivity contribution in [2.45, 2.75) is 46.6 Å². The first kappa shape index (κ1) is 16.2. The first-order valence-electron chi connectivity index (χ1n) is 7.15. The predicted octanol–water partition coefficient (Wildman–Crippen LogP) is 1.78. The van der Waals surface area contributed by atoms with E-state index in [1.54, 1.807) is 6.07 Å². The van der Waals surface area contributed by atoms with E-state index in [1.165, 1.54) is 0 Å². The Labute approximate surface area is 120 Å². The van der Waals surface area contributed by atoms with Crippen molar-refractivity contribution < 1.29 is 4.79 Å². The van der Waals surface area contributed by atoms with Crippen LogP contribution in [0.5, 0.6) is 0 Å². The number of anilines is 2. The standard InChI is InChI=1S/C14H25N5O/c1-5-7-10-17-11(16-6-2)8-12(18-10)19-13(9(3)4)14(15)20/h8-9,13H,5-7H2,1-4H3,(H2,15,20)(H2,16,17,18,19). The minimum Gasteiger partial charge on any atom is -0.370 e. The molecule has 0 radical (unpaired) electrons. The maximum atomic E-state index is 11.5. The summed E-state index contributed by atoms with van der Waals surface area (Å²) in [5, 5.41) is 6.28. The second-order valence-corrected chi connectivity index (χ2v) is 5.10. The van der Waals surface area contributed by atoms with E-state index in [2.05, 4.69) is 27.5 Å². The molecule has 1 aromatic rings. The fourth-order valence-electron chi connectivity index (χ4n) is 1.90. The molecule has 0 aliphatic rings. The van der Waals surface area contributed by atoms with Crippen LogP contribution in [0.4, 0.5) is 11.6 Å². The van der Waals surface area contributed by atoms with Crippen molar-refractivity contribution >= 4 is 17.5 Å². The van der Waals surface area contributed by atoms with E-state index in [4.69, 9.17) is 5.73 Å². The molecule has 0 aromatic carbocycles. The summed E-state index contributed by atoms with van der Waals surface area (Å²) in [5.74, 6) is 1.89. The lowest BCUT2D eigenvalue weighted by molar-refractivity contribution is -0.119. The van der Waals surface area contributed by atoms with Gasteiger partial charge in [-0.05, 0) is 19.3 Å². The molecule has 0 bridgehead atoms. The number of aromatic nitrogens is 2. The Hall–Kier alpha value is -1.85. The number of nitrogens with one attached hydrogen (secondary N) is 2. The zero-order valence-electron chi connectivity index (χ0n) is 12.7. The SMILES string of the molecule is CCCc1nc(NCC)cc(NC(C(N)=O)C(C)C)n1. The molecule has 1 rings (SSSR count). The second-order valence-electron chi connectivity index (χ2n) is 5.10. The van der Waals surface area contributed by atoms with E-state index in [9.17, 15) is 4.79 Å². The zero-order valence-corrected chi connectivity index (χ0v) is 12.7. The van der Waals surface area contributed by atoms with Crippen LogP contribution in [0.15, 0.2) is 6.07 Å². The molecule has 1 heterocycles. The molecular weight excluding hydrogens is 254 g/mol. The monoisotopic (exact) mass is 279 g/mol. The number of nitrogens with zero attached hydrogens (tertiary/aromatic N) is 2. The highest BCUT2D eigenvalue weighted by atomic mass is 16.1. The summed E-state index contributed by atoms with van der Waals surface area (Å²) in [6, 6.07) is 1.37. The average molecular weight is 279 g/mol. The molecule has 0 aliphatic heterocycles. The van der Waals surface area contributed by atoms with Gasteiger partial charge in [0.2, 0.25) is 5.91 Å². The number of hydrogen-bond acceptors (Lipinski definition) is 5. The fraction of sp³-hybridized carbons (Fsp3) is 0.643. The summed E-state index contributed by atoms with van der Waals surface area (Å²) in [7, 11) is 0. The van der Waals surface area contributed by atoms with Gasteiger partial charge in [-0.1, -0.05) is 20.8 Å².